The molecule has 2 aliphatic rings. The molecule has 0 aliphatic heterocycles. The number of nitrogens with one attached hydrogen (secondary N) is 1. The summed E-state index contributed by atoms with van der Waals surface area (Å²) in [5.41, 5.74) is 6.00. The third kappa shape index (κ3) is 6.61. The first kappa shape index (κ1) is 18.0. The van der Waals surface area contributed by atoms with Crippen molar-refractivity contribution < 1.29 is 0 Å². The van der Waals surface area contributed by atoms with Crippen LogP contribution in [0.1, 0.15) is 58.3 Å². The van der Waals surface area contributed by atoms with Gasteiger partial charge in [-0.05, 0) is 32.2 Å². The van der Waals surface area contributed by atoms with Crippen molar-refractivity contribution in [3.05, 3.63) is 0 Å². The first-order chi connectivity index (χ1) is 9.29. The van der Waals surface area contributed by atoms with Gasteiger partial charge in [-0.3, -0.25) is 9.89 Å². The van der Waals surface area contributed by atoms with Crippen LogP contribution in [0.3, 0.4) is 0 Å². The smallest absolute Gasteiger partial charge is 0.188 e. The van der Waals surface area contributed by atoms with Gasteiger partial charge in [-0.15, -0.1) is 24.0 Å². The van der Waals surface area contributed by atoms with E-state index in [0.717, 1.165) is 25.7 Å². The first-order valence-electron chi connectivity index (χ1n) is 8.10. The van der Waals surface area contributed by atoms with Crippen LogP contribution in [-0.2, 0) is 0 Å². The van der Waals surface area contributed by atoms with Crippen molar-refractivity contribution in [2.24, 2.45) is 10.7 Å². The molecule has 0 radical (unpaired) electrons. The third-order valence-electron chi connectivity index (χ3n) is 4.35. The van der Waals surface area contributed by atoms with Crippen LogP contribution < -0.4 is 11.1 Å². The van der Waals surface area contributed by atoms with E-state index in [9.17, 15) is 0 Å². The Morgan fingerprint density at radius 3 is 2.35 bits per heavy atom. The molecule has 4 nitrogen and oxygen atoms in total. The number of nitrogens with zero attached hydrogens (tertiary/aromatic N) is 2. The Labute approximate surface area is 141 Å². The van der Waals surface area contributed by atoms with Crippen LogP contribution in [0.5, 0.6) is 0 Å². The van der Waals surface area contributed by atoms with Crippen LogP contribution in [0.2, 0.25) is 0 Å². The maximum Gasteiger partial charge on any atom is 0.188 e. The molecule has 2 aliphatic carbocycles. The molecular formula is C15H31IN4. The SMILES string of the molecule is CCN(CCN=C(N)NC1CCCCCC1)C1CC1.I. The van der Waals surface area contributed by atoms with E-state index in [-0.39, 0.29) is 24.0 Å². The van der Waals surface area contributed by atoms with Crippen molar-refractivity contribution in [1.29, 1.82) is 0 Å². The molecule has 0 aromatic rings. The number of nitrogens with two attached hydrogens (primary N) is 1. The maximum absolute atomic E-state index is 6.00. The molecule has 2 fully saturated rings. The Morgan fingerprint density at radius 1 is 1.15 bits per heavy atom. The van der Waals surface area contributed by atoms with Crippen LogP contribution in [0.15, 0.2) is 4.99 Å². The molecule has 0 saturated heterocycles. The molecule has 0 bridgehead atoms. The molecule has 0 aromatic heterocycles. The molecule has 5 heteroatoms. The Morgan fingerprint density at radius 2 is 1.80 bits per heavy atom. The number of guanidine groups is 1. The Hall–Kier alpha value is -0.0400. The summed E-state index contributed by atoms with van der Waals surface area (Å²) in [5.74, 6) is 0.652. The van der Waals surface area contributed by atoms with Crippen molar-refractivity contribution in [3.8, 4) is 0 Å². The van der Waals surface area contributed by atoms with E-state index in [1.54, 1.807) is 0 Å². The summed E-state index contributed by atoms with van der Waals surface area (Å²) in [6.45, 7) is 5.25. The fraction of sp³-hybridized carbons (Fsp3) is 0.933. The van der Waals surface area contributed by atoms with Crippen LogP contribution >= 0.6 is 24.0 Å². The topological polar surface area (TPSA) is 53.6 Å². The molecule has 0 aromatic carbocycles. The monoisotopic (exact) mass is 394 g/mol. The fourth-order valence-corrected chi connectivity index (χ4v) is 3.02. The van der Waals surface area contributed by atoms with E-state index < -0.39 is 0 Å². The highest BCUT2D eigenvalue weighted by atomic mass is 127. The predicted octanol–water partition coefficient (Wildman–Crippen LogP) is 2.72. The van der Waals surface area contributed by atoms with Crippen LogP contribution in [-0.4, -0.2) is 42.6 Å². The van der Waals surface area contributed by atoms with Crippen molar-refractivity contribution in [3.63, 3.8) is 0 Å². The largest absolute Gasteiger partial charge is 0.370 e. The number of aliphatic imine (C=N–C) groups is 1. The second-order valence-corrected chi connectivity index (χ2v) is 5.96. The van der Waals surface area contributed by atoms with E-state index in [2.05, 4.69) is 22.1 Å². The third-order valence-corrected chi connectivity index (χ3v) is 4.35. The quantitative estimate of drug-likeness (QED) is 0.315. The highest BCUT2D eigenvalue weighted by Gasteiger charge is 2.27. The van der Waals surface area contributed by atoms with Gasteiger partial charge in [-0.2, -0.15) is 0 Å². The minimum absolute atomic E-state index is 0. The van der Waals surface area contributed by atoms with Crippen molar-refractivity contribution >= 4 is 29.9 Å². The number of rotatable bonds is 6. The number of hydrogen-bond acceptors (Lipinski definition) is 2. The fourth-order valence-electron chi connectivity index (χ4n) is 3.02. The van der Waals surface area contributed by atoms with E-state index >= 15 is 0 Å². The average molecular weight is 394 g/mol. The van der Waals surface area contributed by atoms with Crippen LogP contribution in [0.4, 0.5) is 0 Å². The van der Waals surface area contributed by atoms with Gasteiger partial charge < -0.3 is 11.1 Å². The van der Waals surface area contributed by atoms with Gasteiger partial charge >= 0.3 is 0 Å². The highest BCUT2D eigenvalue weighted by Crippen LogP contribution is 2.25. The molecule has 3 N–H and O–H groups in total. The predicted molar refractivity (Wildman–Crippen MR) is 96.8 cm³/mol. The van der Waals surface area contributed by atoms with Crippen molar-refractivity contribution in [1.82, 2.24) is 10.2 Å². The molecular weight excluding hydrogens is 363 g/mol. The Bertz CT molecular complexity index is 284. The van der Waals surface area contributed by atoms with E-state index in [1.807, 2.05) is 0 Å². The lowest BCUT2D eigenvalue weighted by atomic mass is 10.1. The summed E-state index contributed by atoms with van der Waals surface area (Å²) in [6, 6.07) is 1.38. The molecule has 118 valence electrons. The summed E-state index contributed by atoms with van der Waals surface area (Å²) >= 11 is 0. The van der Waals surface area contributed by atoms with Crippen LogP contribution in [0, 0.1) is 0 Å². The van der Waals surface area contributed by atoms with E-state index in [1.165, 1.54) is 51.4 Å². The van der Waals surface area contributed by atoms with Crippen LogP contribution in [0.25, 0.3) is 0 Å². The zero-order valence-corrected chi connectivity index (χ0v) is 15.1. The molecule has 2 rings (SSSR count). The first-order valence-corrected chi connectivity index (χ1v) is 8.10. The maximum atomic E-state index is 6.00. The zero-order chi connectivity index (χ0) is 13.5. The molecule has 0 atom stereocenters. The van der Waals surface area contributed by atoms with E-state index in [4.69, 9.17) is 5.73 Å². The molecule has 0 spiro atoms. The number of halogens is 1. The van der Waals surface area contributed by atoms with Crippen molar-refractivity contribution in [2.75, 3.05) is 19.6 Å². The zero-order valence-electron chi connectivity index (χ0n) is 12.8. The minimum Gasteiger partial charge on any atom is -0.370 e. The van der Waals surface area contributed by atoms with E-state index in [0.29, 0.717) is 12.0 Å². The summed E-state index contributed by atoms with van der Waals surface area (Å²) in [4.78, 5) is 7.00. The molecule has 20 heavy (non-hydrogen) atoms. The van der Waals surface area contributed by atoms with Gasteiger partial charge in [-0.25, -0.2) is 0 Å². The van der Waals surface area contributed by atoms with Gasteiger partial charge in [0.2, 0.25) is 0 Å². The van der Waals surface area contributed by atoms with Crippen molar-refractivity contribution in [2.45, 2.75) is 70.4 Å². The van der Waals surface area contributed by atoms with Gasteiger partial charge in [0.25, 0.3) is 0 Å². The molecule has 2 saturated carbocycles. The Kier molecular flexibility index (Phi) is 8.84. The van der Waals surface area contributed by atoms with Gasteiger partial charge in [0, 0.05) is 18.6 Å². The summed E-state index contributed by atoms with van der Waals surface area (Å²) in [5, 5.41) is 3.40. The standard InChI is InChI=1S/C15H30N4.HI/c1-2-19(14-9-10-14)12-11-17-15(16)18-13-7-5-3-4-6-8-13;/h13-14H,2-12H2,1H3,(H3,16,17,18);1H. The minimum atomic E-state index is 0. The molecule has 0 heterocycles. The highest BCUT2D eigenvalue weighted by molar-refractivity contribution is 14.0. The summed E-state index contributed by atoms with van der Waals surface area (Å²) in [6.07, 6.45) is 10.6. The van der Waals surface area contributed by atoms with Gasteiger partial charge in [0.05, 0.1) is 6.54 Å². The number of hydrogen-bond donors (Lipinski definition) is 2. The average Bonchev–Trinajstić information content (AvgIpc) is 3.22. The summed E-state index contributed by atoms with van der Waals surface area (Å²) < 4.78 is 0. The van der Waals surface area contributed by atoms with Gasteiger partial charge in [0.15, 0.2) is 5.96 Å². The molecule has 0 amide bonds. The second kappa shape index (κ2) is 9.82. The molecule has 0 unspecified atom stereocenters. The lowest BCUT2D eigenvalue weighted by Gasteiger charge is -2.19. The summed E-state index contributed by atoms with van der Waals surface area (Å²) in [7, 11) is 0. The number of likely N-dealkylation sites (N-methyl/N-ethyl adjacent to an activating group) is 1. The van der Waals surface area contributed by atoms with Gasteiger partial charge in [0.1, 0.15) is 0 Å². The second-order valence-electron chi connectivity index (χ2n) is 5.96. The van der Waals surface area contributed by atoms with Gasteiger partial charge in [-0.1, -0.05) is 32.6 Å². The normalized spacial score (nSPS) is 21.4. The lowest BCUT2D eigenvalue weighted by Crippen LogP contribution is -2.40. The lowest BCUT2D eigenvalue weighted by molar-refractivity contribution is 0.286. The Balaban J connectivity index is 0.00000200.